The summed E-state index contributed by atoms with van der Waals surface area (Å²) in [5.74, 6) is -6.69. The fourth-order valence-electron chi connectivity index (χ4n) is 11.2. The molecule has 0 saturated carbocycles. The smallest absolute Gasteiger partial charge is 0.129 e. The molecule has 0 bridgehead atoms. The van der Waals surface area contributed by atoms with Crippen molar-refractivity contribution in [3.05, 3.63) is 346 Å². The van der Waals surface area contributed by atoms with Crippen LogP contribution in [0.4, 0.5) is 34.1 Å². The number of quaternary nitrogens is 6. The number of hydrogen-bond donors (Lipinski definition) is 13. The molecule has 0 aliphatic carbocycles. The van der Waals surface area contributed by atoms with E-state index in [1.807, 2.05) is 207 Å². The van der Waals surface area contributed by atoms with Crippen LogP contribution in [0.2, 0.25) is 0 Å². The summed E-state index contributed by atoms with van der Waals surface area (Å²) in [6.07, 6.45) is 10.8. The summed E-state index contributed by atoms with van der Waals surface area (Å²) < 4.78 is 0. The maximum atomic E-state index is 10.7. The van der Waals surface area contributed by atoms with E-state index in [0.29, 0.717) is 45.1 Å². The number of aliphatic carboxylic acids is 6. The van der Waals surface area contributed by atoms with Gasteiger partial charge in [0.1, 0.15) is 36.3 Å². The number of anilines is 6. The van der Waals surface area contributed by atoms with Crippen molar-refractivity contribution < 1.29 is 93.8 Å². The molecule has 0 amide bonds. The lowest BCUT2D eigenvalue weighted by Crippen LogP contribution is -2.69. The van der Waals surface area contributed by atoms with Crippen LogP contribution in [0, 0.1) is 6.92 Å². The van der Waals surface area contributed by atoms with Gasteiger partial charge in [0.05, 0.1) is 54.4 Å². The Morgan fingerprint density at radius 2 is 0.619 bits per heavy atom. The highest BCUT2D eigenvalue weighted by molar-refractivity contribution is 5.72. The molecule has 26 heteroatoms. The largest absolute Gasteiger partial charge is 0.544 e. The van der Waals surface area contributed by atoms with Crippen LogP contribution in [0.25, 0.3) is 6.08 Å². The van der Waals surface area contributed by atoms with Crippen LogP contribution in [0.15, 0.2) is 279 Å². The number of rotatable bonds is 37. The normalized spacial score (nSPS) is 12.0. The number of hydrogen-bond acceptors (Lipinski definition) is 19. The van der Waals surface area contributed by atoms with E-state index in [4.69, 9.17) is 0 Å². The van der Waals surface area contributed by atoms with Crippen LogP contribution in [0.1, 0.15) is 73.8 Å². The van der Waals surface area contributed by atoms with Gasteiger partial charge in [0, 0.05) is 112 Å². The molecule has 1 heterocycles. The van der Waals surface area contributed by atoms with E-state index in [1.54, 1.807) is 12.5 Å². The standard InChI is InChI=1S/C18H20N2O2.2C17H20N2O2.C16H18N2O2.C13H16N4O2.C11H16N2O2/c19-17(18(21)22)13-15-8-10-16(11-9-15)20-12-4-7-14-5-2-1-3-6-14;1-12-2-4-14(5-3-12)11-19-15-8-6-13(7-9-15)10-16(18)17(20)21;18-16(17(20)21)12-14-6-8-15(9-7-14)19-11-10-13-4-2-1-3-5-13;17-15(16(19)20)10-12-6-8-14(9-7-12)18-11-13-4-2-1-3-5-13;14-12(13(18)19)5-9-1-3-10(4-2-9)16-7-11-6-15-8-17-11;1-2-13-9-5-3-8(4-6-9)7-10(12)11(14)15/h1-11,17,20H,12-13,19H2,(H,21,22);2-9,16,19H,10-11,18H2,1H3,(H,20,21);1-9,16,19H,10-12,18H2,(H,20,21);1-9,15,18H,10-11,17H2,(H,19,20);1-4,6,8,12,16H,5,7,14H2,(H,15,17)(H,18,19);3-6,10,13H,2,7,12H2,1H3,(H,14,15)/b7-4-;;;;;/t17-;2*16-;15-;12-;10-/m000000/s1. The molecule has 0 aliphatic heterocycles. The quantitative estimate of drug-likeness (QED) is 0.0236. The number of aromatic nitrogens is 2. The summed E-state index contributed by atoms with van der Waals surface area (Å²) in [6.45, 7) is 8.74. The summed E-state index contributed by atoms with van der Waals surface area (Å²) in [5.41, 5.74) is 40.1. The average molecular weight is 1600 g/mol. The fraction of sp³-hybridized carbons (Fsp3) is 0.228. The van der Waals surface area contributed by atoms with Gasteiger partial charge in [-0.05, 0) is 149 Å². The van der Waals surface area contributed by atoms with Crippen LogP contribution >= 0.6 is 0 Å². The van der Waals surface area contributed by atoms with Gasteiger partial charge in [-0.1, -0.05) is 206 Å². The topological polar surface area (TPSA) is 507 Å². The molecule has 10 aromatic carbocycles. The fourth-order valence-corrected chi connectivity index (χ4v) is 11.2. The Kier molecular flexibility index (Phi) is 41.2. The second-order valence-corrected chi connectivity index (χ2v) is 28.0. The lowest BCUT2D eigenvalue weighted by Gasteiger charge is -2.11. The van der Waals surface area contributed by atoms with Gasteiger partial charge in [-0.2, -0.15) is 0 Å². The first-order valence-corrected chi connectivity index (χ1v) is 38.8. The predicted octanol–water partition coefficient (Wildman–Crippen LogP) is -0.383. The third-order valence-electron chi connectivity index (χ3n) is 18.1. The van der Waals surface area contributed by atoms with Crippen molar-refractivity contribution in [3.63, 3.8) is 0 Å². The number of H-pyrrole nitrogens is 1. The Morgan fingerprint density at radius 3 is 0.932 bits per heavy atom. The molecule has 0 aliphatic rings. The molecule has 0 spiro atoms. The Bertz CT molecular complexity index is 4730. The highest BCUT2D eigenvalue weighted by atomic mass is 16.4. The van der Waals surface area contributed by atoms with Gasteiger partial charge in [-0.3, -0.25) is 0 Å². The van der Waals surface area contributed by atoms with Gasteiger partial charge in [-0.15, -0.1) is 0 Å². The van der Waals surface area contributed by atoms with Gasteiger partial charge < -0.3 is 131 Å². The molecule has 0 saturated heterocycles. The summed E-state index contributed by atoms with van der Waals surface area (Å²) in [5, 5.41) is 83.4. The van der Waals surface area contributed by atoms with Gasteiger partial charge in [0.2, 0.25) is 0 Å². The highest BCUT2D eigenvalue weighted by Gasteiger charge is 2.14. The minimum atomic E-state index is -1.12. The second kappa shape index (κ2) is 52.1. The number of carboxylic acids is 6. The monoisotopic (exact) mass is 1600 g/mol. The zero-order valence-electron chi connectivity index (χ0n) is 66.9. The van der Waals surface area contributed by atoms with Gasteiger partial charge >= 0.3 is 0 Å². The summed E-state index contributed by atoms with van der Waals surface area (Å²) in [4.78, 5) is 70.7. The van der Waals surface area contributed by atoms with Crippen molar-refractivity contribution in [3.8, 4) is 0 Å². The zero-order valence-corrected chi connectivity index (χ0v) is 66.9. The van der Waals surface area contributed by atoms with E-state index in [2.05, 4.69) is 156 Å². The Labute approximate surface area is 688 Å². The van der Waals surface area contributed by atoms with Gasteiger partial charge in [0.15, 0.2) is 0 Å². The predicted molar refractivity (Wildman–Crippen MR) is 446 cm³/mol. The number of imidazole rings is 1. The maximum Gasteiger partial charge on any atom is 0.129 e. The molecule has 0 radical (unpaired) electrons. The first kappa shape index (κ1) is 93.4. The summed E-state index contributed by atoms with van der Waals surface area (Å²) in [6, 6.07) is 80.9. The van der Waals surface area contributed by atoms with Crippen molar-refractivity contribution in [2.24, 2.45) is 0 Å². The van der Waals surface area contributed by atoms with Gasteiger partial charge in [-0.25, -0.2) is 4.98 Å². The van der Waals surface area contributed by atoms with E-state index in [-0.39, 0.29) is 0 Å². The van der Waals surface area contributed by atoms with Crippen LogP contribution in [0.5, 0.6) is 0 Å². The number of nitrogens with zero attached hydrogens (tertiary/aromatic N) is 1. The number of aromatic amines is 1. The first-order valence-electron chi connectivity index (χ1n) is 38.8. The number of carbonyl (C=O) groups excluding carboxylic acids is 6. The molecule has 118 heavy (non-hydrogen) atoms. The third-order valence-corrected chi connectivity index (χ3v) is 18.1. The van der Waals surface area contributed by atoms with Crippen LogP contribution in [-0.2, 0) is 93.3 Å². The molecular weight excluding hydrogens is 1490 g/mol. The van der Waals surface area contributed by atoms with Crippen LogP contribution < -0.4 is 96.9 Å². The van der Waals surface area contributed by atoms with E-state index < -0.39 is 72.1 Å². The Morgan fingerprint density at radius 1 is 0.339 bits per heavy atom. The van der Waals surface area contributed by atoms with Crippen molar-refractivity contribution in [1.29, 1.82) is 0 Å². The number of nitrogens with one attached hydrogen (secondary N) is 7. The molecule has 26 nitrogen and oxygen atoms in total. The van der Waals surface area contributed by atoms with E-state index in [9.17, 15) is 59.4 Å². The second-order valence-electron chi connectivity index (χ2n) is 28.0. The number of aryl methyl sites for hydroxylation is 1. The van der Waals surface area contributed by atoms with Crippen molar-refractivity contribution in [1.82, 2.24) is 9.97 Å². The average Bonchev–Trinajstić information content (AvgIpc) is 1.09. The number of carbonyl (C=O) groups is 6. The first-order chi connectivity index (χ1) is 56.8. The molecule has 0 unspecified atom stereocenters. The van der Waals surface area contributed by atoms with Crippen molar-refractivity contribution >= 4 is 76.0 Å². The summed E-state index contributed by atoms with van der Waals surface area (Å²) in [7, 11) is 0. The molecule has 0 fully saturated rings. The molecule has 25 N–H and O–H groups in total. The Balaban J connectivity index is 0.000000221. The highest BCUT2D eigenvalue weighted by Crippen LogP contribution is 2.18. The van der Waals surface area contributed by atoms with Crippen molar-refractivity contribution in [2.75, 3.05) is 51.5 Å². The molecule has 620 valence electrons. The minimum Gasteiger partial charge on any atom is -0.544 e. The van der Waals surface area contributed by atoms with Crippen LogP contribution in [0.3, 0.4) is 0 Å². The zero-order chi connectivity index (χ0) is 85.4. The number of benzene rings is 10. The van der Waals surface area contributed by atoms with Crippen molar-refractivity contribution in [2.45, 2.75) is 115 Å². The third kappa shape index (κ3) is 38.1. The van der Waals surface area contributed by atoms with Gasteiger partial charge in [0.25, 0.3) is 0 Å². The lowest BCUT2D eigenvalue weighted by molar-refractivity contribution is -0.437. The molecule has 11 aromatic rings. The Hall–Kier alpha value is -13.5. The number of carboxylic acid groups (broad SMARTS) is 6. The summed E-state index contributed by atoms with van der Waals surface area (Å²) >= 11 is 0. The van der Waals surface area contributed by atoms with E-state index in [0.717, 1.165) is 112 Å². The maximum absolute atomic E-state index is 10.7. The lowest BCUT2D eigenvalue weighted by atomic mass is 10.1. The molecule has 1 aromatic heterocycles. The molecule has 11 rings (SSSR count). The van der Waals surface area contributed by atoms with Crippen LogP contribution in [-0.4, -0.2) is 102 Å². The van der Waals surface area contributed by atoms with E-state index in [1.165, 1.54) is 27.8 Å². The molecular formula is C92H110N14O12. The van der Waals surface area contributed by atoms with E-state index >= 15 is 0 Å². The SMILES string of the molecule is CCNc1ccc(C[C@H]([NH3+])C(=O)[O-])cc1.Cc1ccc(CNc2ccc(C[C@H]([NH3+])C(=O)[O-])cc2)cc1.[NH3+][C@@H](Cc1ccc(NC/C=C\c2ccccc2)cc1)C(=O)[O-].[NH3+][C@@H](Cc1ccc(NCCc2ccccc2)cc1)C(=O)[O-].[NH3+][C@@H](Cc1ccc(NCc2ccccc2)cc1)C(=O)[O-].[NH3+][C@@H](Cc1ccc(NCc2cnc[nH]2)cc1)C(=O)[O-]. The molecule has 6 atom stereocenters. The minimum absolute atomic E-state index is 0.378.